The van der Waals surface area contributed by atoms with Gasteiger partial charge < -0.3 is 14.4 Å². The van der Waals surface area contributed by atoms with Crippen LogP contribution in [0.2, 0.25) is 0 Å². The molecule has 1 aliphatic heterocycles. The molecule has 0 aliphatic carbocycles. The molecule has 112 valence electrons. The Morgan fingerprint density at radius 1 is 1.33 bits per heavy atom. The lowest BCUT2D eigenvalue weighted by molar-refractivity contribution is -0.141. The van der Waals surface area contributed by atoms with Crippen LogP contribution in [0.1, 0.15) is 17.0 Å². The molecule has 1 saturated heterocycles. The van der Waals surface area contributed by atoms with Gasteiger partial charge in [-0.2, -0.15) is 0 Å². The molecule has 0 bridgehead atoms. The van der Waals surface area contributed by atoms with E-state index < -0.39 is 17.7 Å². The molecule has 7 heteroatoms. The van der Waals surface area contributed by atoms with E-state index in [1.54, 1.807) is 0 Å². The molecule has 0 radical (unpaired) electrons. The number of carbonyl (C=O) groups is 2. The number of fused-ring (bicyclic) bond motifs is 1. The molecular weight excluding hydrogens is 301 g/mol. The second kappa shape index (κ2) is 5.73. The van der Waals surface area contributed by atoms with Gasteiger partial charge in [0.1, 0.15) is 11.4 Å². The number of halogens is 2. The standard InChI is InChI=1S/C14H12FNO4.ClH/c15-10-1-2-11-9(5-10)6-12(20-11)13(17)16-4-3-8(7-16)14(18)19;/h1-2,5-6,8H,3-4,7H2,(H,18,19);1H. The normalized spacial score (nSPS) is 17.8. The molecule has 2 heterocycles. The second-order valence-corrected chi connectivity index (χ2v) is 4.87. The Morgan fingerprint density at radius 2 is 2.10 bits per heavy atom. The van der Waals surface area contributed by atoms with E-state index in [-0.39, 0.29) is 30.6 Å². The molecule has 1 aromatic carbocycles. The van der Waals surface area contributed by atoms with Gasteiger partial charge in [-0.05, 0) is 30.7 Å². The summed E-state index contributed by atoms with van der Waals surface area (Å²) in [6, 6.07) is 5.50. The topological polar surface area (TPSA) is 70.8 Å². The van der Waals surface area contributed by atoms with Crippen LogP contribution in [0.3, 0.4) is 0 Å². The van der Waals surface area contributed by atoms with Gasteiger partial charge in [0.15, 0.2) is 5.76 Å². The lowest BCUT2D eigenvalue weighted by Crippen LogP contribution is -2.29. The minimum absolute atomic E-state index is 0. The molecule has 1 amide bonds. The third-order valence-electron chi connectivity index (χ3n) is 3.51. The average molecular weight is 314 g/mol. The van der Waals surface area contributed by atoms with Gasteiger partial charge in [0, 0.05) is 18.5 Å². The number of likely N-dealkylation sites (tertiary alicyclic amines) is 1. The van der Waals surface area contributed by atoms with E-state index in [1.165, 1.54) is 29.2 Å². The van der Waals surface area contributed by atoms with Crippen LogP contribution in [0.15, 0.2) is 28.7 Å². The van der Waals surface area contributed by atoms with Gasteiger partial charge >= 0.3 is 5.97 Å². The first-order chi connectivity index (χ1) is 9.54. The molecule has 3 rings (SSSR count). The van der Waals surface area contributed by atoms with Crippen LogP contribution in [0.4, 0.5) is 4.39 Å². The third-order valence-corrected chi connectivity index (χ3v) is 3.51. The Kier molecular flexibility index (Phi) is 4.18. The minimum Gasteiger partial charge on any atom is -0.481 e. The van der Waals surface area contributed by atoms with Crippen molar-refractivity contribution in [3.8, 4) is 0 Å². The summed E-state index contributed by atoms with van der Waals surface area (Å²) in [4.78, 5) is 24.5. The van der Waals surface area contributed by atoms with Gasteiger partial charge in [-0.1, -0.05) is 0 Å². The summed E-state index contributed by atoms with van der Waals surface area (Å²) in [5, 5.41) is 9.44. The Labute approximate surface area is 125 Å². The fourth-order valence-electron chi connectivity index (χ4n) is 2.42. The molecule has 1 aliphatic rings. The highest BCUT2D eigenvalue weighted by Gasteiger charge is 2.32. The lowest BCUT2D eigenvalue weighted by atomic mass is 10.1. The lowest BCUT2D eigenvalue weighted by Gasteiger charge is -2.13. The molecule has 1 aromatic heterocycles. The number of hydrogen-bond acceptors (Lipinski definition) is 3. The molecular formula is C14H13ClFNO4. The van der Waals surface area contributed by atoms with Gasteiger partial charge in [0.25, 0.3) is 5.91 Å². The van der Waals surface area contributed by atoms with Crippen LogP contribution in [0.25, 0.3) is 11.0 Å². The number of aliphatic carboxylic acids is 1. The van der Waals surface area contributed by atoms with E-state index in [2.05, 4.69) is 0 Å². The molecule has 0 saturated carbocycles. The van der Waals surface area contributed by atoms with Crippen molar-refractivity contribution in [3.05, 3.63) is 35.8 Å². The molecule has 2 aromatic rings. The molecule has 5 nitrogen and oxygen atoms in total. The van der Waals surface area contributed by atoms with Crippen LogP contribution in [0, 0.1) is 11.7 Å². The van der Waals surface area contributed by atoms with E-state index >= 15 is 0 Å². The van der Waals surface area contributed by atoms with E-state index in [0.717, 1.165) is 0 Å². The number of benzene rings is 1. The fourth-order valence-corrected chi connectivity index (χ4v) is 2.42. The molecule has 0 spiro atoms. The van der Waals surface area contributed by atoms with Gasteiger partial charge in [0.2, 0.25) is 0 Å². The van der Waals surface area contributed by atoms with Crippen molar-refractivity contribution in [2.75, 3.05) is 13.1 Å². The highest BCUT2D eigenvalue weighted by atomic mass is 35.5. The Morgan fingerprint density at radius 3 is 2.76 bits per heavy atom. The van der Waals surface area contributed by atoms with E-state index in [9.17, 15) is 14.0 Å². The van der Waals surface area contributed by atoms with Gasteiger partial charge in [0.05, 0.1) is 5.92 Å². The maximum Gasteiger partial charge on any atom is 0.308 e. The van der Waals surface area contributed by atoms with Crippen LogP contribution < -0.4 is 0 Å². The van der Waals surface area contributed by atoms with Crippen LogP contribution in [-0.4, -0.2) is 35.0 Å². The summed E-state index contributed by atoms with van der Waals surface area (Å²) in [6.07, 6.45) is 0.440. The first-order valence-corrected chi connectivity index (χ1v) is 6.26. The van der Waals surface area contributed by atoms with Gasteiger partial charge in [-0.15, -0.1) is 12.4 Å². The Balaban J connectivity index is 0.00000161. The zero-order valence-electron chi connectivity index (χ0n) is 10.9. The predicted molar refractivity (Wildman–Crippen MR) is 75.1 cm³/mol. The number of carboxylic acids is 1. The van der Waals surface area contributed by atoms with Crippen LogP contribution in [0.5, 0.6) is 0 Å². The highest BCUT2D eigenvalue weighted by Crippen LogP contribution is 2.24. The summed E-state index contributed by atoms with van der Waals surface area (Å²) < 4.78 is 18.5. The predicted octanol–water partition coefficient (Wildman–Crippen LogP) is 2.54. The summed E-state index contributed by atoms with van der Waals surface area (Å²) >= 11 is 0. The van der Waals surface area contributed by atoms with Crippen LogP contribution in [-0.2, 0) is 4.79 Å². The minimum atomic E-state index is -0.896. The first kappa shape index (κ1) is 15.3. The molecule has 1 atom stereocenters. The van der Waals surface area contributed by atoms with Gasteiger partial charge in [-0.3, -0.25) is 9.59 Å². The molecule has 21 heavy (non-hydrogen) atoms. The number of amides is 1. The second-order valence-electron chi connectivity index (χ2n) is 4.87. The van der Waals surface area contributed by atoms with Crippen molar-refractivity contribution < 1.29 is 23.5 Å². The number of hydrogen-bond donors (Lipinski definition) is 1. The molecule has 1 N–H and O–H groups in total. The zero-order chi connectivity index (χ0) is 14.3. The fraction of sp³-hybridized carbons (Fsp3) is 0.286. The smallest absolute Gasteiger partial charge is 0.308 e. The van der Waals surface area contributed by atoms with Crippen molar-refractivity contribution in [2.45, 2.75) is 6.42 Å². The highest BCUT2D eigenvalue weighted by molar-refractivity contribution is 5.96. The van der Waals surface area contributed by atoms with E-state index in [0.29, 0.717) is 23.9 Å². The van der Waals surface area contributed by atoms with Crippen molar-refractivity contribution in [1.82, 2.24) is 4.90 Å². The SMILES string of the molecule is Cl.O=C(O)C1CCN(C(=O)c2cc3cc(F)ccc3o2)C1. The first-order valence-electron chi connectivity index (χ1n) is 6.26. The quantitative estimate of drug-likeness (QED) is 0.925. The third kappa shape index (κ3) is 2.85. The van der Waals surface area contributed by atoms with Crippen molar-refractivity contribution >= 4 is 35.3 Å². The van der Waals surface area contributed by atoms with Crippen LogP contribution >= 0.6 is 12.4 Å². The molecule has 1 unspecified atom stereocenters. The summed E-state index contributed by atoms with van der Waals surface area (Å²) in [6.45, 7) is 0.570. The Bertz CT molecular complexity index is 699. The number of carboxylic acid groups (broad SMARTS) is 1. The van der Waals surface area contributed by atoms with E-state index in [1.807, 2.05) is 0 Å². The Hall–Kier alpha value is -2.08. The molecule has 1 fully saturated rings. The van der Waals surface area contributed by atoms with Crippen molar-refractivity contribution in [3.63, 3.8) is 0 Å². The number of furan rings is 1. The summed E-state index contributed by atoms with van der Waals surface area (Å²) in [5.41, 5.74) is 0.434. The monoisotopic (exact) mass is 313 g/mol. The number of carbonyl (C=O) groups excluding carboxylic acids is 1. The summed E-state index contributed by atoms with van der Waals surface area (Å²) in [7, 11) is 0. The number of nitrogens with zero attached hydrogens (tertiary/aromatic N) is 1. The maximum atomic E-state index is 13.1. The number of rotatable bonds is 2. The van der Waals surface area contributed by atoms with Crippen molar-refractivity contribution in [1.29, 1.82) is 0 Å². The van der Waals surface area contributed by atoms with Gasteiger partial charge in [-0.25, -0.2) is 4.39 Å². The van der Waals surface area contributed by atoms with Crippen molar-refractivity contribution in [2.24, 2.45) is 5.92 Å². The van der Waals surface area contributed by atoms with E-state index in [4.69, 9.17) is 9.52 Å². The summed E-state index contributed by atoms with van der Waals surface area (Å²) in [5.74, 6) is -2.07. The average Bonchev–Trinajstić information content (AvgIpc) is 3.03. The largest absolute Gasteiger partial charge is 0.481 e. The maximum absolute atomic E-state index is 13.1. The zero-order valence-corrected chi connectivity index (χ0v) is 11.7.